The van der Waals surface area contributed by atoms with Crippen molar-refractivity contribution in [2.75, 3.05) is 26.2 Å². The number of piperazine rings is 1. The van der Waals surface area contributed by atoms with Gasteiger partial charge in [-0.3, -0.25) is 9.78 Å². The number of amides is 1. The van der Waals surface area contributed by atoms with Crippen molar-refractivity contribution in [3.8, 4) is 0 Å². The van der Waals surface area contributed by atoms with Crippen LogP contribution in [0.1, 0.15) is 15.9 Å². The third kappa shape index (κ3) is 3.78. The van der Waals surface area contributed by atoms with Crippen molar-refractivity contribution in [1.29, 1.82) is 0 Å². The fraction of sp³-hybridized carbons (Fsp3) is 0.238. The predicted octanol–water partition coefficient (Wildman–Crippen LogP) is 3.48. The molecule has 3 aromatic rings. The summed E-state index contributed by atoms with van der Waals surface area (Å²) in [5.74, 6) is -0.870. The SMILES string of the molecule is Cc1cnc2c(S(=O)(=O)N3CCN(C(=O)c4ccc(F)cc4Cl)CC3)cccc2c1. The Labute approximate surface area is 178 Å². The Balaban J connectivity index is 1.54. The van der Waals surface area contributed by atoms with Crippen LogP contribution in [0.25, 0.3) is 10.9 Å². The third-order valence-electron chi connectivity index (χ3n) is 5.12. The molecule has 1 aromatic heterocycles. The van der Waals surface area contributed by atoms with Gasteiger partial charge in [0.05, 0.1) is 16.1 Å². The highest BCUT2D eigenvalue weighted by Gasteiger charge is 2.32. The van der Waals surface area contributed by atoms with Gasteiger partial charge in [0.1, 0.15) is 10.7 Å². The minimum atomic E-state index is -3.77. The smallest absolute Gasteiger partial charge is 0.255 e. The van der Waals surface area contributed by atoms with Gasteiger partial charge >= 0.3 is 0 Å². The number of halogens is 2. The lowest BCUT2D eigenvalue weighted by Crippen LogP contribution is -2.50. The third-order valence-corrected chi connectivity index (χ3v) is 7.36. The lowest BCUT2D eigenvalue weighted by Gasteiger charge is -2.34. The summed E-state index contributed by atoms with van der Waals surface area (Å²) in [6.45, 7) is 2.62. The largest absolute Gasteiger partial charge is 0.336 e. The van der Waals surface area contributed by atoms with E-state index in [1.54, 1.807) is 18.3 Å². The zero-order chi connectivity index (χ0) is 21.5. The van der Waals surface area contributed by atoms with Gasteiger partial charge in [-0.25, -0.2) is 12.8 Å². The molecule has 0 saturated carbocycles. The van der Waals surface area contributed by atoms with Gasteiger partial charge in [-0.05, 0) is 42.8 Å². The number of aromatic nitrogens is 1. The van der Waals surface area contributed by atoms with E-state index < -0.39 is 15.8 Å². The second kappa shape index (κ2) is 7.94. The van der Waals surface area contributed by atoms with Gasteiger partial charge in [-0.1, -0.05) is 23.7 Å². The molecule has 0 spiro atoms. The highest BCUT2D eigenvalue weighted by atomic mass is 35.5. The van der Waals surface area contributed by atoms with Crippen LogP contribution in [0.2, 0.25) is 5.02 Å². The molecule has 0 N–H and O–H groups in total. The molecule has 4 rings (SSSR count). The number of pyridine rings is 1. The minimum absolute atomic E-state index is 0.0344. The molecule has 2 aromatic carbocycles. The molecule has 1 fully saturated rings. The van der Waals surface area contributed by atoms with Crippen molar-refractivity contribution in [3.05, 3.63) is 70.6 Å². The van der Waals surface area contributed by atoms with Crippen LogP contribution in [0.15, 0.2) is 53.6 Å². The van der Waals surface area contributed by atoms with Crippen LogP contribution in [0, 0.1) is 12.7 Å². The van der Waals surface area contributed by atoms with Crippen molar-refractivity contribution in [3.63, 3.8) is 0 Å². The Bertz CT molecular complexity index is 1240. The normalized spacial score (nSPS) is 15.5. The summed E-state index contributed by atoms with van der Waals surface area (Å²) in [4.78, 5) is 18.7. The second-order valence-electron chi connectivity index (χ2n) is 7.16. The topological polar surface area (TPSA) is 70.6 Å². The molecule has 0 aliphatic carbocycles. The summed E-state index contributed by atoms with van der Waals surface area (Å²) in [5.41, 5.74) is 1.58. The van der Waals surface area contributed by atoms with Crippen molar-refractivity contribution in [2.24, 2.45) is 0 Å². The Morgan fingerprint density at radius 3 is 2.53 bits per heavy atom. The summed E-state index contributed by atoms with van der Waals surface area (Å²) in [5, 5.41) is 0.794. The number of nitrogens with zero attached hydrogens (tertiary/aromatic N) is 3. The summed E-state index contributed by atoms with van der Waals surface area (Å²) in [6.07, 6.45) is 1.64. The molecule has 1 aliphatic heterocycles. The zero-order valence-electron chi connectivity index (χ0n) is 16.2. The highest BCUT2D eigenvalue weighted by molar-refractivity contribution is 7.89. The molecule has 0 bridgehead atoms. The molecule has 9 heteroatoms. The predicted molar refractivity (Wildman–Crippen MR) is 113 cm³/mol. The molecule has 1 amide bonds. The Morgan fingerprint density at radius 1 is 1.10 bits per heavy atom. The first-order valence-electron chi connectivity index (χ1n) is 9.37. The fourth-order valence-corrected chi connectivity index (χ4v) is 5.39. The van der Waals surface area contributed by atoms with Crippen LogP contribution in [-0.2, 0) is 10.0 Å². The number of para-hydroxylation sites is 1. The molecule has 0 unspecified atom stereocenters. The average molecular weight is 448 g/mol. The summed E-state index contributed by atoms with van der Waals surface area (Å²) >= 11 is 5.99. The van der Waals surface area contributed by atoms with E-state index in [0.29, 0.717) is 5.52 Å². The number of rotatable bonds is 3. The van der Waals surface area contributed by atoms with E-state index in [9.17, 15) is 17.6 Å². The summed E-state index contributed by atoms with van der Waals surface area (Å²) < 4.78 is 41.1. The maximum Gasteiger partial charge on any atom is 0.255 e. The number of aryl methyl sites for hydroxylation is 1. The maximum absolute atomic E-state index is 13.2. The van der Waals surface area contributed by atoms with Gasteiger partial charge in [0.2, 0.25) is 10.0 Å². The van der Waals surface area contributed by atoms with E-state index in [4.69, 9.17) is 11.6 Å². The molecular formula is C21H19ClFN3O3S. The van der Waals surface area contributed by atoms with Gasteiger partial charge in [0, 0.05) is 37.8 Å². The lowest BCUT2D eigenvalue weighted by molar-refractivity contribution is 0.0698. The molecule has 1 aliphatic rings. The van der Waals surface area contributed by atoms with Gasteiger partial charge in [-0.15, -0.1) is 0 Å². The number of hydrogen-bond acceptors (Lipinski definition) is 4. The molecule has 1 saturated heterocycles. The average Bonchev–Trinajstić information content (AvgIpc) is 2.72. The van der Waals surface area contributed by atoms with E-state index in [2.05, 4.69) is 4.98 Å². The minimum Gasteiger partial charge on any atom is -0.336 e. The van der Waals surface area contributed by atoms with Gasteiger partial charge in [0.25, 0.3) is 5.91 Å². The fourth-order valence-electron chi connectivity index (χ4n) is 3.55. The molecule has 30 heavy (non-hydrogen) atoms. The van der Waals surface area contributed by atoms with Gasteiger partial charge in [0.15, 0.2) is 0 Å². The molecule has 0 atom stereocenters. The number of carbonyl (C=O) groups excluding carboxylic acids is 1. The molecule has 6 nitrogen and oxygen atoms in total. The number of fused-ring (bicyclic) bond motifs is 1. The van der Waals surface area contributed by atoms with Gasteiger partial charge in [-0.2, -0.15) is 4.31 Å². The van der Waals surface area contributed by atoms with Crippen molar-refractivity contribution >= 4 is 38.4 Å². The van der Waals surface area contributed by atoms with E-state index in [0.717, 1.165) is 17.0 Å². The molecular weight excluding hydrogens is 429 g/mol. The van der Waals surface area contributed by atoms with E-state index in [1.807, 2.05) is 19.1 Å². The number of hydrogen-bond donors (Lipinski definition) is 0. The first-order chi connectivity index (χ1) is 14.3. The standard InChI is InChI=1S/C21H19ClFN3O3S/c1-14-11-15-3-2-4-19(20(15)24-13-14)30(28,29)26-9-7-25(8-10-26)21(27)17-6-5-16(23)12-18(17)22/h2-6,11-13H,7-10H2,1H3. The van der Waals surface area contributed by atoms with E-state index in [1.165, 1.54) is 21.3 Å². The molecule has 156 valence electrons. The summed E-state index contributed by atoms with van der Waals surface area (Å²) in [6, 6.07) is 10.6. The Hall–Kier alpha value is -2.55. The lowest BCUT2D eigenvalue weighted by atomic mass is 10.2. The number of benzene rings is 2. The van der Waals surface area contributed by atoms with Crippen LogP contribution in [0.4, 0.5) is 4.39 Å². The van der Waals surface area contributed by atoms with E-state index in [-0.39, 0.29) is 47.6 Å². The first kappa shape index (κ1) is 20.7. The quantitative estimate of drug-likeness (QED) is 0.616. The number of carbonyl (C=O) groups is 1. The maximum atomic E-state index is 13.2. The highest BCUT2D eigenvalue weighted by Crippen LogP contribution is 2.26. The first-order valence-corrected chi connectivity index (χ1v) is 11.2. The van der Waals surface area contributed by atoms with Crippen molar-refractivity contribution < 1.29 is 17.6 Å². The monoisotopic (exact) mass is 447 g/mol. The zero-order valence-corrected chi connectivity index (χ0v) is 17.8. The van der Waals surface area contributed by atoms with Crippen LogP contribution in [0.5, 0.6) is 0 Å². The molecule has 2 heterocycles. The van der Waals surface area contributed by atoms with Gasteiger partial charge < -0.3 is 4.90 Å². The Morgan fingerprint density at radius 2 is 1.83 bits per heavy atom. The van der Waals surface area contributed by atoms with E-state index >= 15 is 0 Å². The molecule has 0 radical (unpaired) electrons. The van der Waals surface area contributed by atoms with Crippen molar-refractivity contribution in [1.82, 2.24) is 14.2 Å². The second-order valence-corrected chi connectivity index (χ2v) is 9.47. The van der Waals surface area contributed by atoms with Crippen LogP contribution in [-0.4, -0.2) is 54.7 Å². The van der Waals surface area contributed by atoms with Crippen LogP contribution in [0.3, 0.4) is 0 Å². The van der Waals surface area contributed by atoms with Crippen LogP contribution >= 0.6 is 11.6 Å². The van der Waals surface area contributed by atoms with Crippen molar-refractivity contribution in [2.45, 2.75) is 11.8 Å². The summed E-state index contributed by atoms with van der Waals surface area (Å²) in [7, 11) is -3.77. The van der Waals surface area contributed by atoms with Crippen LogP contribution < -0.4 is 0 Å². The Kier molecular flexibility index (Phi) is 5.48. The number of sulfonamides is 1.